The van der Waals surface area contributed by atoms with Crippen LogP contribution in [0.25, 0.3) is 10.8 Å². The highest BCUT2D eigenvalue weighted by Gasteiger charge is 2.45. The number of aromatic nitrogens is 2. The molecule has 10 heteroatoms. The Bertz CT molecular complexity index is 1930. The van der Waals surface area contributed by atoms with E-state index in [1.54, 1.807) is 4.90 Å². The van der Waals surface area contributed by atoms with Gasteiger partial charge in [-0.05, 0) is 80.1 Å². The maximum Gasteiger partial charge on any atom is 0.410 e. The van der Waals surface area contributed by atoms with Gasteiger partial charge in [0.15, 0.2) is 0 Å². The van der Waals surface area contributed by atoms with E-state index in [1.165, 1.54) is 29.2 Å². The molecule has 4 aromatic rings. The number of amides is 1. The summed E-state index contributed by atoms with van der Waals surface area (Å²) in [7, 11) is 0. The average molecular weight is 687 g/mol. The van der Waals surface area contributed by atoms with Crippen molar-refractivity contribution in [3.63, 3.8) is 0 Å². The standard InChI is InChI=1S/C41H46N6O4/c1-28-10-6-13-31-14-7-15-33(36(28)31)35-24-34-37(29(2)51-35)38(44-39(43-34)50-27-41-17-8-20-46(41)21-9-18-41)45-22-23-47(32(25-45)16-19-42)40(48)49-26-30-11-4-3-5-12-30/h3-7,10-15,29,32,35H,8-9,16-18,20-27H2,1-2H3/t29?,32-,35?/m0/s1. The predicted octanol–water partition coefficient (Wildman–Crippen LogP) is 7.06. The number of rotatable bonds is 8. The van der Waals surface area contributed by atoms with E-state index in [-0.39, 0.29) is 36.8 Å². The van der Waals surface area contributed by atoms with Gasteiger partial charge in [-0.15, -0.1) is 0 Å². The summed E-state index contributed by atoms with van der Waals surface area (Å²) in [5, 5.41) is 12.2. The molecule has 10 nitrogen and oxygen atoms in total. The number of ether oxygens (including phenoxy) is 3. The summed E-state index contributed by atoms with van der Waals surface area (Å²) in [6.45, 7) is 8.61. The number of nitrogens with zero attached hydrogens (tertiary/aromatic N) is 6. The Balaban J connectivity index is 1.10. The zero-order valence-corrected chi connectivity index (χ0v) is 29.6. The summed E-state index contributed by atoms with van der Waals surface area (Å²) >= 11 is 0. The van der Waals surface area contributed by atoms with Crippen LogP contribution in [0.1, 0.15) is 79.2 Å². The molecule has 0 radical (unpaired) electrons. The van der Waals surface area contributed by atoms with Crippen molar-refractivity contribution in [1.82, 2.24) is 19.8 Å². The van der Waals surface area contributed by atoms with Crippen LogP contribution < -0.4 is 9.64 Å². The lowest BCUT2D eigenvalue weighted by Crippen LogP contribution is -2.55. The molecule has 2 unspecified atom stereocenters. The van der Waals surface area contributed by atoms with Crippen LogP contribution in [0.2, 0.25) is 0 Å². The summed E-state index contributed by atoms with van der Waals surface area (Å²) in [5.74, 6) is 0.766. The van der Waals surface area contributed by atoms with Crippen LogP contribution in [0, 0.1) is 18.3 Å². The molecule has 264 valence electrons. The van der Waals surface area contributed by atoms with E-state index in [4.69, 9.17) is 24.2 Å². The largest absolute Gasteiger partial charge is 0.461 e. The third kappa shape index (κ3) is 6.49. The zero-order valence-electron chi connectivity index (χ0n) is 29.6. The number of fused-ring (bicyclic) bond motifs is 3. The lowest BCUT2D eigenvalue weighted by molar-refractivity contribution is -0.0181. The van der Waals surface area contributed by atoms with Crippen LogP contribution in [0.15, 0.2) is 66.7 Å². The summed E-state index contributed by atoms with van der Waals surface area (Å²) < 4.78 is 19.2. The van der Waals surface area contributed by atoms with E-state index in [1.807, 2.05) is 30.3 Å². The Hall–Kier alpha value is -4.72. The number of nitriles is 1. The molecule has 0 saturated carbocycles. The third-order valence-electron chi connectivity index (χ3n) is 11.5. The number of benzene rings is 3. The molecule has 8 rings (SSSR count). The molecule has 0 bridgehead atoms. The van der Waals surface area contributed by atoms with Crippen molar-refractivity contribution in [3.8, 4) is 12.1 Å². The highest BCUT2D eigenvalue weighted by Crippen LogP contribution is 2.44. The predicted molar refractivity (Wildman–Crippen MR) is 194 cm³/mol. The number of piperazine rings is 1. The van der Waals surface area contributed by atoms with Gasteiger partial charge in [-0.1, -0.05) is 66.7 Å². The second-order valence-electron chi connectivity index (χ2n) is 14.6. The first-order valence-corrected chi connectivity index (χ1v) is 18.4. The van der Waals surface area contributed by atoms with Crippen LogP contribution >= 0.6 is 0 Å². The molecular weight excluding hydrogens is 640 g/mol. The highest BCUT2D eigenvalue weighted by atomic mass is 16.6. The normalized spacial score (nSPS) is 22.7. The molecule has 0 aliphatic carbocycles. The Morgan fingerprint density at radius 3 is 2.57 bits per heavy atom. The molecule has 3 saturated heterocycles. The summed E-state index contributed by atoms with van der Waals surface area (Å²) in [6, 6.07) is 24.8. The Labute approximate surface area is 299 Å². The molecule has 1 amide bonds. The van der Waals surface area contributed by atoms with Crippen LogP contribution in [0.5, 0.6) is 6.01 Å². The maximum absolute atomic E-state index is 13.3. The van der Waals surface area contributed by atoms with Crippen LogP contribution in [0.4, 0.5) is 10.6 Å². The molecular formula is C41H46N6O4. The Morgan fingerprint density at radius 2 is 1.78 bits per heavy atom. The van der Waals surface area contributed by atoms with E-state index < -0.39 is 6.09 Å². The smallest absolute Gasteiger partial charge is 0.410 e. The number of carbonyl (C=O) groups excluding carboxylic acids is 1. The van der Waals surface area contributed by atoms with Crippen LogP contribution in [-0.2, 0) is 22.5 Å². The first-order chi connectivity index (χ1) is 24.9. The number of hydrogen-bond donors (Lipinski definition) is 0. The molecule has 3 aromatic carbocycles. The van der Waals surface area contributed by atoms with Crippen molar-refractivity contribution in [3.05, 3.63) is 94.7 Å². The van der Waals surface area contributed by atoms with E-state index in [0.717, 1.165) is 54.1 Å². The first-order valence-electron chi connectivity index (χ1n) is 18.4. The fourth-order valence-electron chi connectivity index (χ4n) is 8.94. The van der Waals surface area contributed by atoms with Gasteiger partial charge in [0.2, 0.25) is 0 Å². The van der Waals surface area contributed by atoms with Gasteiger partial charge in [-0.3, -0.25) is 4.90 Å². The van der Waals surface area contributed by atoms with Gasteiger partial charge < -0.3 is 24.0 Å². The van der Waals surface area contributed by atoms with Gasteiger partial charge in [0.25, 0.3) is 0 Å². The van der Waals surface area contributed by atoms with Crippen molar-refractivity contribution in [2.24, 2.45) is 0 Å². The number of hydrogen-bond acceptors (Lipinski definition) is 9. The minimum Gasteiger partial charge on any atom is -0.461 e. The third-order valence-corrected chi connectivity index (χ3v) is 11.5. The van der Waals surface area contributed by atoms with Crippen molar-refractivity contribution in [1.29, 1.82) is 5.26 Å². The molecule has 3 atom stereocenters. The van der Waals surface area contributed by atoms with E-state index >= 15 is 0 Å². The van der Waals surface area contributed by atoms with Gasteiger partial charge in [0.05, 0.1) is 42.0 Å². The molecule has 1 aromatic heterocycles. The molecule has 4 aliphatic rings. The van der Waals surface area contributed by atoms with Gasteiger partial charge in [0, 0.05) is 31.6 Å². The first kappa shape index (κ1) is 33.4. The minimum absolute atomic E-state index is 0.0580. The lowest BCUT2D eigenvalue weighted by atomic mass is 9.91. The molecule has 51 heavy (non-hydrogen) atoms. The molecule has 5 heterocycles. The van der Waals surface area contributed by atoms with Crippen molar-refractivity contribution in [2.45, 2.75) is 82.8 Å². The van der Waals surface area contributed by atoms with Crippen LogP contribution in [0.3, 0.4) is 0 Å². The fraction of sp³-hybridized carbons (Fsp3) is 0.463. The summed E-state index contributed by atoms with van der Waals surface area (Å²) in [5.41, 5.74) is 5.24. The van der Waals surface area contributed by atoms with Crippen molar-refractivity contribution >= 4 is 22.7 Å². The van der Waals surface area contributed by atoms with Gasteiger partial charge in [-0.25, -0.2) is 4.79 Å². The van der Waals surface area contributed by atoms with E-state index in [9.17, 15) is 10.1 Å². The van der Waals surface area contributed by atoms with E-state index in [0.29, 0.717) is 38.7 Å². The van der Waals surface area contributed by atoms with Gasteiger partial charge >= 0.3 is 12.1 Å². The molecule has 0 N–H and O–H groups in total. The summed E-state index contributed by atoms with van der Waals surface area (Å²) in [4.78, 5) is 30.0. The second kappa shape index (κ2) is 14.1. The lowest BCUT2D eigenvalue weighted by Gasteiger charge is -2.42. The van der Waals surface area contributed by atoms with Gasteiger partial charge in [-0.2, -0.15) is 15.2 Å². The Morgan fingerprint density at radius 1 is 1.00 bits per heavy atom. The number of carbonyl (C=O) groups is 1. The molecule has 0 spiro atoms. The molecule has 4 aliphatic heterocycles. The molecule has 3 fully saturated rings. The minimum atomic E-state index is -0.408. The quantitative estimate of drug-likeness (QED) is 0.193. The zero-order chi connectivity index (χ0) is 35.0. The monoisotopic (exact) mass is 686 g/mol. The SMILES string of the molecule is Cc1cccc2cccc(C3Cc4nc(OCC56CCCN5CCC6)nc(N5CCN(C(=O)OCc6ccccc6)[C@@H](CC#N)C5)c4C(C)O3)c12. The summed E-state index contributed by atoms with van der Waals surface area (Å²) in [6.07, 6.45) is 4.54. The van der Waals surface area contributed by atoms with Crippen molar-refractivity contribution < 1.29 is 19.0 Å². The second-order valence-corrected chi connectivity index (χ2v) is 14.6. The maximum atomic E-state index is 13.3. The number of anilines is 1. The Kier molecular flexibility index (Phi) is 9.26. The highest BCUT2D eigenvalue weighted by molar-refractivity contribution is 5.89. The average Bonchev–Trinajstić information content (AvgIpc) is 3.74. The van der Waals surface area contributed by atoms with E-state index in [2.05, 4.69) is 66.1 Å². The van der Waals surface area contributed by atoms with Gasteiger partial charge in [0.1, 0.15) is 19.0 Å². The van der Waals surface area contributed by atoms with Crippen LogP contribution in [-0.4, -0.2) is 76.8 Å². The van der Waals surface area contributed by atoms with Crippen molar-refractivity contribution in [2.75, 3.05) is 44.2 Å². The topological polar surface area (TPSA) is 104 Å². The number of aryl methyl sites for hydroxylation is 1. The fourth-order valence-corrected chi connectivity index (χ4v) is 8.94.